The molecular weight excluding hydrogens is 316 g/mol. The van der Waals surface area contributed by atoms with Gasteiger partial charge in [-0.25, -0.2) is 4.98 Å². The van der Waals surface area contributed by atoms with Gasteiger partial charge in [0.05, 0.1) is 16.7 Å². The summed E-state index contributed by atoms with van der Waals surface area (Å²) in [6.07, 6.45) is 0. The number of benzene rings is 2. The maximum absolute atomic E-state index is 8.90. The topological polar surface area (TPSA) is 65.4 Å². The van der Waals surface area contributed by atoms with Gasteiger partial charge in [0.1, 0.15) is 0 Å². The summed E-state index contributed by atoms with van der Waals surface area (Å²) in [7, 11) is 0. The van der Waals surface area contributed by atoms with Gasteiger partial charge in [0.2, 0.25) is 5.16 Å². The van der Waals surface area contributed by atoms with Crippen LogP contribution in [0.15, 0.2) is 53.7 Å². The molecule has 1 N–H and O–H groups in total. The summed E-state index contributed by atoms with van der Waals surface area (Å²) in [5.74, 6) is 1.36. The Morgan fingerprint density at radius 3 is 2.86 bits per heavy atom. The molecule has 0 aliphatic rings. The molecule has 22 heavy (non-hydrogen) atoms. The number of aromatic nitrogens is 3. The summed E-state index contributed by atoms with van der Waals surface area (Å²) in [5.41, 5.74) is 2.55. The number of aromatic amines is 1. The summed E-state index contributed by atoms with van der Waals surface area (Å²) in [6, 6.07) is 17.1. The van der Waals surface area contributed by atoms with E-state index in [0.29, 0.717) is 27.3 Å². The van der Waals surface area contributed by atoms with Gasteiger partial charge in [-0.05, 0) is 29.8 Å². The predicted octanol–water partition coefficient (Wildman–Crippen LogP) is 4.29. The third kappa shape index (κ3) is 3.30. The zero-order chi connectivity index (χ0) is 15.4. The van der Waals surface area contributed by atoms with Crippen LogP contribution < -0.4 is 0 Å². The largest absolute Gasteiger partial charge is 0.258 e. The van der Waals surface area contributed by atoms with Crippen LogP contribution in [0.3, 0.4) is 0 Å². The van der Waals surface area contributed by atoms with E-state index in [1.165, 1.54) is 11.8 Å². The second-order valence-corrected chi connectivity index (χ2v) is 5.90. The van der Waals surface area contributed by atoms with Crippen molar-refractivity contribution in [1.82, 2.24) is 15.2 Å². The van der Waals surface area contributed by atoms with Crippen molar-refractivity contribution >= 4 is 23.4 Å². The molecule has 1 heterocycles. The fraction of sp³-hybridized carbons (Fsp3) is 0.0625. The van der Waals surface area contributed by atoms with Crippen molar-refractivity contribution < 1.29 is 0 Å². The minimum Gasteiger partial charge on any atom is -0.258 e. The highest BCUT2D eigenvalue weighted by molar-refractivity contribution is 7.98. The summed E-state index contributed by atoms with van der Waals surface area (Å²) in [4.78, 5) is 4.45. The molecular formula is C16H11ClN4S. The molecule has 0 unspecified atom stereocenters. The monoisotopic (exact) mass is 326 g/mol. The third-order valence-electron chi connectivity index (χ3n) is 3.02. The fourth-order valence-corrected chi connectivity index (χ4v) is 2.93. The van der Waals surface area contributed by atoms with Crippen LogP contribution >= 0.6 is 23.4 Å². The van der Waals surface area contributed by atoms with Crippen molar-refractivity contribution in [3.63, 3.8) is 0 Å². The maximum Gasteiger partial charge on any atom is 0.209 e. The van der Waals surface area contributed by atoms with Crippen molar-refractivity contribution in [3.8, 4) is 17.5 Å². The van der Waals surface area contributed by atoms with Crippen LogP contribution in [0.1, 0.15) is 11.1 Å². The van der Waals surface area contributed by atoms with Gasteiger partial charge in [-0.1, -0.05) is 47.6 Å². The molecule has 0 atom stereocenters. The predicted molar refractivity (Wildman–Crippen MR) is 87.5 cm³/mol. The average molecular weight is 327 g/mol. The molecule has 0 radical (unpaired) electrons. The highest BCUT2D eigenvalue weighted by Crippen LogP contribution is 2.27. The van der Waals surface area contributed by atoms with Gasteiger partial charge < -0.3 is 0 Å². The first-order valence-electron chi connectivity index (χ1n) is 6.55. The Balaban J connectivity index is 1.72. The number of nitriles is 1. The lowest BCUT2D eigenvalue weighted by Crippen LogP contribution is -1.84. The summed E-state index contributed by atoms with van der Waals surface area (Å²) in [6.45, 7) is 0. The van der Waals surface area contributed by atoms with Gasteiger partial charge in [-0.2, -0.15) is 5.26 Å². The SMILES string of the molecule is N#Cc1cccc(CSc2n[nH]c(-c3ccccc3Cl)n2)c1. The zero-order valence-corrected chi connectivity index (χ0v) is 13.0. The first-order chi connectivity index (χ1) is 10.8. The molecule has 3 rings (SSSR count). The minimum absolute atomic E-state index is 0.636. The molecule has 2 aromatic carbocycles. The van der Waals surface area contributed by atoms with E-state index in [-0.39, 0.29) is 0 Å². The molecule has 0 aliphatic carbocycles. The number of H-pyrrole nitrogens is 1. The molecule has 1 aromatic heterocycles. The number of nitrogens with one attached hydrogen (secondary N) is 1. The van der Waals surface area contributed by atoms with E-state index in [1.54, 1.807) is 6.07 Å². The second-order valence-electron chi connectivity index (χ2n) is 4.55. The van der Waals surface area contributed by atoms with E-state index in [1.807, 2.05) is 42.5 Å². The van der Waals surface area contributed by atoms with Gasteiger partial charge in [0, 0.05) is 11.3 Å². The Hall–Kier alpha value is -2.29. The second kappa shape index (κ2) is 6.65. The van der Waals surface area contributed by atoms with Gasteiger partial charge in [0.25, 0.3) is 0 Å². The Labute approximate surface area is 137 Å². The van der Waals surface area contributed by atoms with Crippen LogP contribution in [-0.4, -0.2) is 15.2 Å². The van der Waals surface area contributed by atoms with Crippen LogP contribution in [0, 0.1) is 11.3 Å². The van der Waals surface area contributed by atoms with Crippen molar-refractivity contribution in [3.05, 3.63) is 64.7 Å². The van der Waals surface area contributed by atoms with Crippen LogP contribution in [0.2, 0.25) is 5.02 Å². The Bertz CT molecular complexity index is 838. The van der Waals surface area contributed by atoms with Crippen LogP contribution in [-0.2, 0) is 5.75 Å². The summed E-state index contributed by atoms with van der Waals surface area (Å²) in [5, 5.41) is 17.3. The third-order valence-corrected chi connectivity index (χ3v) is 4.27. The van der Waals surface area contributed by atoms with E-state index in [4.69, 9.17) is 16.9 Å². The van der Waals surface area contributed by atoms with Crippen molar-refractivity contribution in [2.24, 2.45) is 0 Å². The number of thioether (sulfide) groups is 1. The minimum atomic E-state index is 0.636. The standard InChI is InChI=1S/C16H11ClN4S/c17-14-7-2-1-6-13(14)15-19-16(21-20-15)22-10-12-5-3-4-11(8-12)9-18/h1-8H,10H2,(H,19,20,21). The van der Waals surface area contributed by atoms with Crippen molar-refractivity contribution in [2.75, 3.05) is 0 Å². The Morgan fingerprint density at radius 2 is 2.05 bits per heavy atom. The smallest absolute Gasteiger partial charge is 0.209 e. The Kier molecular flexibility index (Phi) is 4.42. The molecule has 0 saturated carbocycles. The van der Waals surface area contributed by atoms with E-state index >= 15 is 0 Å². The number of hydrogen-bond donors (Lipinski definition) is 1. The quantitative estimate of drug-likeness (QED) is 0.726. The lowest BCUT2D eigenvalue weighted by molar-refractivity contribution is 0.973. The molecule has 3 aromatic rings. The maximum atomic E-state index is 8.90. The molecule has 0 fully saturated rings. The molecule has 108 valence electrons. The van der Waals surface area contributed by atoms with E-state index in [9.17, 15) is 0 Å². The normalized spacial score (nSPS) is 10.4. The molecule has 0 saturated heterocycles. The number of halogens is 1. The number of nitrogens with zero attached hydrogens (tertiary/aromatic N) is 3. The highest BCUT2D eigenvalue weighted by atomic mass is 35.5. The fourth-order valence-electron chi connectivity index (χ4n) is 1.96. The van der Waals surface area contributed by atoms with Gasteiger partial charge >= 0.3 is 0 Å². The first kappa shape index (κ1) is 14.6. The average Bonchev–Trinajstić information content (AvgIpc) is 3.02. The summed E-state index contributed by atoms with van der Waals surface area (Å²) < 4.78 is 0. The number of hydrogen-bond acceptors (Lipinski definition) is 4. The molecule has 6 heteroatoms. The lowest BCUT2D eigenvalue weighted by atomic mass is 10.2. The molecule has 0 spiro atoms. The molecule has 0 amide bonds. The van der Waals surface area contributed by atoms with Gasteiger partial charge in [0.15, 0.2) is 5.82 Å². The first-order valence-corrected chi connectivity index (χ1v) is 7.92. The highest BCUT2D eigenvalue weighted by Gasteiger charge is 2.09. The van der Waals surface area contributed by atoms with Crippen LogP contribution in [0.5, 0.6) is 0 Å². The zero-order valence-electron chi connectivity index (χ0n) is 11.5. The van der Waals surface area contributed by atoms with Crippen LogP contribution in [0.25, 0.3) is 11.4 Å². The summed E-state index contributed by atoms with van der Waals surface area (Å²) >= 11 is 7.66. The lowest BCUT2D eigenvalue weighted by Gasteiger charge is -1.99. The molecule has 0 aliphatic heterocycles. The Morgan fingerprint density at radius 1 is 1.18 bits per heavy atom. The van der Waals surface area contributed by atoms with Crippen molar-refractivity contribution in [1.29, 1.82) is 5.26 Å². The number of rotatable bonds is 4. The van der Waals surface area contributed by atoms with E-state index < -0.39 is 0 Å². The molecule has 4 nitrogen and oxygen atoms in total. The van der Waals surface area contributed by atoms with E-state index in [2.05, 4.69) is 21.3 Å². The van der Waals surface area contributed by atoms with E-state index in [0.717, 1.165) is 11.1 Å². The van der Waals surface area contributed by atoms with Crippen molar-refractivity contribution in [2.45, 2.75) is 10.9 Å². The van der Waals surface area contributed by atoms with Gasteiger partial charge in [-0.15, -0.1) is 5.10 Å². The van der Waals surface area contributed by atoms with Crippen LogP contribution in [0.4, 0.5) is 0 Å². The molecule has 0 bridgehead atoms. The van der Waals surface area contributed by atoms with Gasteiger partial charge in [-0.3, -0.25) is 5.10 Å².